The van der Waals surface area contributed by atoms with Crippen molar-refractivity contribution in [1.82, 2.24) is 15.1 Å². The topological polar surface area (TPSA) is 46.9 Å². The molecule has 0 aliphatic carbocycles. The van der Waals surface area contributed by atoms with Crippen LogP contribution in [-0.2, 0) is 4.79 Å². The van der Waals surface area contributed by atoms with Crippen molar-refractivity contribution in [3.63, 3.8) is 0 Å². The monoisotopic (exact) mass is 415 g/mol. The average Bonchev–Trinajstić information content (AvgIpc) is 3.09. The number of carbonyl (C=O) groups excluding carboxylic acids is 1. The number of nitrogens with one attached hydrogen (secondary N) is 1. The number of benzene rings is 2. The van der Waals surface area contributed by atoms with E-state index >= 15 is 0 Å². The first-order valence-electron chi connectivity index (χ1n) is 9.70. The number of thioether (sulfide) groups is 1. The number of aromatic nitrogens is 2. The molecule has 6 heteroatoms. The van der Waals surface area contributed by atoms with Gasteiger partial charge in [0.2, 0.25) is 5.91 Å². The molecule has 1 atom stereocenters. The van der Waals surface area contributed by atoms with E-state index in [0.717, 1.165) is 34.3 Å². The summed E-state index contributed by atoms with van der Waals surface area (Å²) in [5.74, 6) is 2.23. The number of halogens is 1. The summed E-state index contributed by atoms with van der Waals surface area (Å²) in [6, 6.07) is 15.3. The molecule has 1 heterocycles. The minimum Gasteiger partial charge on any atom is -0.354 e. The van der Waals surface area contributed by atoms with Crippen molar-refractivity contribution in [2.75, 3.05) is 18.1 Å². The van der Waals surface area contributed by atoms with Crippen molar-refractivity contribution in [2.24, 2.45) is 0 Å². The zero-order valence-electron chi connectivity index (χ0n) is 16.3. The molecular formula is C22H26ClN3OS. The highest BCUT2D eigenvalue weighted by atomic mass is 35.5. The zero-order valence-corrected chi connectivity index (χ0v) is 17.9. The summed E-state index contributed by atoms with van der Waals surface area (Å²) in [5, 5.41) is 9.44. The summed E-state index contributed by atoms with van der Waals surface area (Å²) in [6.07, 6.45) is 2.17. The third-order valence-electron chi connectivity index (χ3n) is 4.57. The zero-order chi connectivity index (χ0) is 19.9. The van der Waals surface area contributed by atoms with Gasteiger partial charge in [0.1, 0.15) is 11.7 Å². The van der Waals surface area contributed by atoms with Crippen LogP contribution in [0.25, 0.3) is 22.2 Å². The molecule has 0 radical (unpaired) electrons. The Bertz CT molecular complexity index is 926. The minimum atomic E-state index is -0.399. The minimum absolute atomic E-state index is 0.0144. The van der Waals surface area contributed by atoms with Gasteiger partial charge in [0.15, 0.2) is 0 Å². The van der Waals surface area contributed by atoms with E-state index in [9.17, 15) is 4.79 Å². The molecule has 0 saturated heterocycles. The molecule has 1 unspecified atom stereocenters. The second-order valence-electron chi connectivity index (χ2n) is 6.75. The molecule has 148 valence electrons. The number of hydrogen-bond acceptors (Lipinski definition) is 3. The van der Waals surface area contributed by atoms with Crippen LogP contribution in [0.4, 0.5) is 0 Å². The quantitative estimate of drug-likeness (QED) is 0.465. The molecule has 1 aromatic heterocycles. The van der Waals surface area contributed by atoms with Crippen LogP contribution in [0.1, 0.15) is 32.7 Å². The molecule has 0 fully saturated rings. The number of nitrogens with zero attached hydrogens (tertiary/aromatic N) is 2. The largest absolute Gasteiger partial charge is 0.354 e. The van der Waals surface area contributed by atoms with Gasteiger partial charge in [-0.1, -0.05) is 48.9 Å². The normalized spacial score (nSPS) is 12.2. The van der Waals surface area contributed by atoms with Gasteiger partial charge in [-0.3, -0.25) is 9.48 Å². The Morgan fingerprint density at radius 3 is 2.75 bits per heavy atom. The lowest BCUT2D eigenvalue weighted by atomic mass is 10.1. The van der Waals surface area contributed by atoms with Gasteiger partial charge >= 0.3 is 0 Å². The number of hydrogen-bond donors (Lipinski definition) is 1. The van der Waals surface area contributed by atoms with Crippen molar-refractivity contribution in [1.29, 1.82) is 0 Å². The van der Waals surface area contributed by atoms with Crippen LogP contribution in [0.5, 0.6) is 0 Å². The van der Waals surface area contributed by atoms with E-state index in [2.05, 4.69) is 12.2 Å². The smallest absolute Gasteiger partial charge is 0.244 e. The lowest BCUT2D eigenvalue weighted by molar-refractivity contribution is -0.124. The lowest BCUT2D eigenvalue weighted by Gasteiger charge is -2.14. The van der Waals surface area contributed by atoms with Crippen LogP contribution >= 0.6 is 23.4 Å². The highest BCUT2D eigenvalue weighted by Crippen LogP contribution is 2.31. The Labute approximate surface area is 175 Å². The summed E-state index contributed by atoms with van der Waals surface area (Å²) < 4.78 is 1.80. The van der Waals surface area contributed by atoms with Gasteiger partial charge in [0, 0.05) is 22.5 Å². The molecule has 2 aromatic carbocycles. The lowest BCUT2D eigenvalue weighted by Crippen LogP contribution is -2.32. The maximum atomic E-state index is 12.7. The van der Waals surface area contributed by atoms with Gasteiger partial charge in [-0.25, -0.2) is 0 Å². The molecule has 3 aromatic rings. The molecule has 0 bridgehead atoms. The van der Waals surface area contributed by atoms with Crippen LogP contribution in [0, 0.1) is 0 Å². The van der Waals surface area contributed by atoms with Crippen LogP contribution in [0.3, 0.4) is 0 Å². The maximum absolute atomic E-state index is 12.7. The summed E-state index contributed by atoms with van der Waals surface area (Å²) >= 11 is 8.16. The first-order chi connectivity index (χ1) is 13.6. The summed E-state index contributed by atoms with van der Waals surface area (Å²) in [5.41, 5.74) is 2.76. The third-order valence-corrected chi connectivity index (χ3v) is 6.08. The predicted octanol–water partition coefficient (Wildman–Crippen LogP) is 5.57. The molecule has 0 aliphatic rings. The second-order valence-corrected chi connectivity index (χ2v) is 8.41. The fraction of sp³-hybridized carbons (Fsp3) is 0.364. The van der Waals surface area contributed by atoms with Gasteiger partial charge in [-0.05, 0) is 49.5 Å². The van der Waals surface area contributed by atoms with E-state index < -0.39 is 6.04 Å². The van der Waals surface area contributed by atoms with E-state index in [-0.39, 0.29) is 5.91 Å². The Hall–Kier alpha value is -1.98. The van der Waals surface area contributed by atoms with E-state index in [4.69, 9.17) is 16.7 Å². The first kappa shape index (κ1) is 20.7. The summed E-state index contributed by atoms with van der Waals surface area (Å²) in [6.45, 7) is 4.76. The molecule has 0 saturated carbocycles. The summed E-state index contributed by atoms with van der Waals surface area (Å²) in [7, 11) is 0. The molecule has 3 rings (SSSR count). The number of amides is 1. The van der Waals surface area contributed by atoms with E-state index in [0.29, 0.717) is 11.6 Å². The second kappa shape index (κ2) is 9.99. The Morgan fingerprint density at radius 2 is 2.00 bits per heavy atom. The van der Waals surface area contributed by atoms with E-state index in [1.807, 2.05) is 67.2 Å². The van der Waals surface area contributed by atoms with Crippen LogP contribution < -0.4 is 5.32 Å². The van der Waals surface area contributed by atoms with Crippen molar-refractivity contribution < 1.29 is 4.79 Å². The van der Waals surface area contributed by atoms with Gasteiger partial charge in [0.25, 0.3) is 0 Å². The maximum Gasteiger partial charge on any atom is 0.244 e. The Balaban J connectivity index is 1.79. The summed E-state index contributed by atoms with van der Waals surface area (Å²) in [4.78, 5) is 12.7. The molecule has 1 amide bonds. The van der Waals surface area contributed by atoms with Gasteiger partial charge in [-0.15, -0.1) is 0 Å². The Morgan fingerprint density at radius 1 is 1.21 bits per heavy atom. The number of fused-ring (bicyclic) bond motifs is 1. The average molecular weight is 416 g/mol. The SMILES string of the molecule is CCCSCCCNC(=O)C(C)n1nc(-c2ccccc2)c2cc(Cl)ccc21. The Kier molecular flexibility index (Phi) is 7.40. The molecule has 0 aliphatic heterocycles. The van der Waals surface area contributed by atoms with Crippen LogP contribution in [0.2, 0.25) is 5.02 Å². The van der Waals surface area contributed by atoms with Crippen molar-refractivity contribution in [3.05, 3.63) is 53.6 Å². The van der Waals surface area contributed by atoms with Gasteiger partial charge < -0.3 is 5.32 Å². The molecule has 28 heavy (non-hydrogen) atoms. The highest BCUT2D eigenvalue weighted by Gasteiger charge is 2.21. The molecule has 1 N–H and O–H groups in total. The van der Waals surface area contributed by atoms with Crippen molar-refractivity contribution >= 4 is 40.2 Å². The van der Waals surface area contributed by atoms with E-state index in [1.54, 1.807) is 4.68 Å². The van der Waals surface area contributed by atoms with Gasteiger partial charge in [0.05, 0.1) is 5.52 Å². The van der Waals surface area contributed by atoms with Crippen LogP contribution in [-0.4, -0.2) is 33.7 Å². The molecular weight excluding hydrogens is 390 g/mol. The van der Waals surface area contributed by atoms with Crippen LogP contribution in [0.15, 0.2) is 48.5 Å². The van der Waals surface area contributed by atoms with E-state index in [1.165, 1.54) is 12.2 Å². The highest BCUT2D eigenvalue weighted by molar-refractivity contribution is 7.99. The van der Waals surface area contributed by atoms with Crippen molar-refractivity contribution in [2.45, 2.75) is 32.7 Å². The molecule has 0 spiro atoms. The predicted molar refractivity (Wildman–Crippen MR) is 120 cm³/mol. The number of rotatable bonds is 9. The standard InChI is InChI=1S/C22H26ClN3OS/c1-3-13-28-14-7-12-24-22(27)16(2)26-20-11-10-18(23)15-19(20)21(25-26)17-8-5-4-6-9-17/h4-6,8-11,15-16H,3,7,12-14H2,1-2H3,(H,24,27). The third kappa shape index (κ3) is 4.89. The number of carbonyl (C=O) groups is 1. The fourth-order valence-electron chi connectivity index (χ4n) is 3.11. The van der Waals surface area contributed by atoms with Gasteiger partial charge in [-0.2, -0.15) is 16.9 Å². The fourth-order valence-corrected chi connectivity index (χ4v) is 4.12. The van der Waals surface area contributed by atoms with Crippen molar-refractivity contribution in [3.8, 4) is 11.3 Å². The molecule has 4 nitrogen and oxygen atoms in total. The first-order valence-corrected chi connectivity index (χ1v) is 11.2.